The monoisotopic (exact) mass is 226 g/mol. The molecule has 3 nitrogen and oxygen atoms in total. The van der Waals surface area contributed by atoms with Gasteiger partial charge in [0.15, 0.2) is 0 Å². The normalized spacial score (nSPS) is 27.6. The minimum atomic E-state index is 0.664. The van der Waals surface area contributed by atoms with E-state index in [2.05, 4.69) is 24.1 Å². The Morgan fingerprint density at radius 1 is 1.38 bits per heavy atom. The third-order valence-corrected chi connectivity index (χ3v) is 3.70. The minimum Gasteiger partial charge on any atom is -0.380 e. The molecule has 0 radical (unpaired) electrons. The van der Waals surface area contributed by atoms with Crippen LogP contribution < -0.4 is 5.32 Å². The van der Waals surface area contributed by atoms with Crippen molar-refractivity contribution in [1.29, 1.82) is 0 Å². The molecule has 0 aromatic heterocycles. The molecule has 3 heteroatoms. The number of ether oxygens (including phenoxy) is 1. The zero-order chi connectivity index (χ0) is 11.4. The Balaban J connectivity index is 1.56. The van der Waals surface area contributed by atoms with Crippen molar-refractivity contribution in [2.75, 3.05) is 39.4 Å². The third kappa shape index (κ3) is 4.04. The van der Waals surface area contributed by atoms with Gasteiger partial charge in [0.05, 0.1) is 6.61 Å². The Labute approximate surface area is 99.5 Å². The van der Waals surface area contributed by atoms with E-state index in [1.54, 1.807) is 0 Å². The van der Waals surface area contributed by atoms with E-state index in [9.17, 15) is 0 Å². The van der Waals surface area contributed by atoms with Gasteiger partial charge in [-0.05, 0) is 24.7 Å². The van der Waals surface area contributed by atoms with Crippen LogP contribution in [0.25, 0.3) is 0 Å². The maximum absolute atomic E-state index is 5.69. The summed E-state index contributed by atoms with van der Waals surface area (Å²) in [6, 6.07) is 0.664. The fourth-order valence-corrected chi connectivity index (χ4v) is 2.22. The Kier molecular flexibility index (Phi) is 4.62. The number of hydrogen-bond acceptors (Lipinski definition) is 3. The summed E-state index contributed by atoms with van der Waals surface area (Å²) in [5.41, 5.74) is 0. The molecule has 2 rings (SSSR count). The van der Waals surface area contributed by atoms with E-state index < -0.39 is 0 Å². The van der Waals surface area contributed by atoms with Gasteiger partial charge in [-0.3, -0.25) is 4.90 Å². The van der Waals surface area contributed by atoms with Gasteiger partial charge in [-0.1, -0.05) is 13.8 Å². The molecule has 1 aliphatic heterocycles. The Morgan fingerprint density at radius 2 is 2.19 bits per heavy atom. The van der Waals surface area contributed by atoms with Crippen LogP contribution in [0.4, 0.5) is 0 Å². The number of rotatable bonds is 6. The smallest absolute Gasteiger partial charge is 0.0593 e. The van der Waals surface area contributed by atoms with Gasteiger partial charge in [-0.15, -0.1) is 0 Å². The summed E-state index contributed by atoms with van der Waals surface area (Å²) in [5.74, 6) is 1.63. The average Bonchev–Trinajstić information content (AvgIpc) is 3.09. The summed E-state index contributed by atoms with van der Waals surface area (Å²) in [4.78, 5) is 2.54. The number of hydrogen-bond donors (Lipinski definition) is 1. The molecule has 1 heterocycles. The summed E-state index contributed by atoms with van der Waals surface area (Å²) >= 11 is 0. The Hall–Kier alpha value is -0.120. The number of piperazine rings is 1. The van der Waals surface area contributed by atoms with Gasteiger partial charge in [0.25, 0.3) is 0 Å². The zero-order valence-electron chi connectivity index (χ0n) is 10.7. The molecule has 2 aliphatic rings. The van der Waals surface area contributed by atoms with E-state index in [-0.39, 0.29) is 0 Å². The molecule has 1 aliphatic carbocycles. The molecule has 16 heavy (non-hydrogen) atoms. The first kappa shape index (κ1) is 12.3. The first-order chi connectivity index (χ1) is 7.75. The molecular formula is C13H26N2O. The minimum absolute atomic E-state index is 0.664. The number of nitrogens with zero attached hydrogens (tertiary/aromatic N) is 1. The topological polar surface area (TPSA) is 24.5 Å². The summed E-state index contributed by atoms with van der Waals surface area (Å²) in [6.45, 7) is 11.1. The Morgan fingerprint density at radius 3 is 2.88 bits per heavy atom. The van der Waals surface area contributed by atoms with E-state index in [0.29, 0.717) is 6.04 Å². The average molecular weight is 226 g/mol. The van der Waals surface area contributed by atoms with E-state index in [1.807, 2.05) is 0 Å². The molecule has 1 saturated carbocycles. The zero-order valence-corrected chi connectivity index (χ0v) is 10.7. The molecular weight excluding hydrogens is 200 g/mol. The van der Waals surface area contributed by atoms with Crippen molar-refractivity contribution in [2.45, 2.75) is 32.7 Å². The van der Waals surface area contributed by atoms with Crippen LogP contribution in [-0.4, -0.2) is 50.3 Å². The van der Waals surface area contributed by atoms with Crippen LogP contribution in [0.3, 0.4) is 0 Å². The van der Waals surface area contributed by atoms with Crippen LogP contribution in [-0.2, 0) is 4.74 Å². The first-order valence-electron chi connectivity index (χ1n) is 6.79. The molecule has 2 fully saturated rings. The van der Waals surface area contributed by atoms with E-state index in [1.165, 1.54) is 25.9 Å². The SMILES string of the molecule is CC(C)C1CN(CCOCC2CC2)CCN1. The van der Waals surface area contributed by atoms with Crippen LogP contribution in [0, 0.1) is 11.8 Å². The molecule has 0 aromatic rings. The summed E-state index contributed by atoms with van der Waals surface area (Å²) < 4.78 is 5.69. The van der Waals surface area contributed by atoms with Gasteiger partial charge in [-0.25, -0.2) is 0 Å². The van der Waals surface area contributed by atoms with Crippen LogP contribution >= 0.6 is 0 Å². The largest absolute Gasteiger partial charge is 0.380 e. The summed E-state index contributed by atoms with van der Waals surface area (Å²) in [6.07, 6.45) is 2.78. The molecule has 1 atom stereocenters. The summed E-state index contributed by atoms with van der Waals surface area (Å²) in [7, 11) is 0. The third-order valence-electron chi connectivity index (χ3n) is 3.70. The van der Waals surface area contributed by atoms with Gasteiger partial charge >= 0.3 is 0 Å². The highest BCUT2D eigenvalue weighted by Gasteiger charge is 2.23. The lowest BCUT2D eigenvalue weighted by molar-refractivity contribution is 0.0813. The molecule has 1 unspecified atom stereocenters. The van der Waals surface area contributed by atoms with Gasteiger partial charge in [0.1, 0.15) is 0 Å². The van der Waals surface area contributed by atoms with Crippen molar-refractivity contribution in [3.05, 3.63) is 0 Å². The molecule has 0 bridgehead atoms. The molecule has 1 saturated heterocycles. The highest BCUT2D eigenvalue weighted by Crippen LogP contribution is 2.28. The quantitative estimate of drug-likeness (QED) is 0.692. The standard InChI is InChI=1S/C13H26N2O/c1-11(2)13-9-15(6-5-14-13)7-8-16-10-12-3-4-12/h11-14H,3-10H2,1-2H3. The van der Waals surface area contributed by atoms with Gasteiger partial charge < -0.3 is 10.1 Å². The van der Waals surface area contributed by atoms with Crippen LogP contribution in [0.15, 0.2) is 0 Å². The highest BCUT2D eigenvalue weighted by molar-refractivity contribution is 4.80. The maximum atomic E-state index is 5.69. The summed E-state index contributed by atoms with van der Waals surface area (Å²) in [5, 5.41) is 3.58. The fraction of sp³-hybridized carbons (Fsp3) is 1.00. The predicted octanol–water partition coefficient (Wildman–Crippen LogP) is 1.34. The van der Waals surface area contributed by atoms with Crippen LogP contribution in [0.1, 0.15) is 26.7 Å². The second-order valence-electron chi connectivity index (χ2n) is 5.62. The van der Waals surface area contributed by atoms with Crippen molar-refractivity contribution in [2.24, 2.45) is 11.8 Å². The molecule has 1 N–H and O–H groups in total. The second-order valence-corrected chi connectivity index (χ2v) is 5.62. The fourth-order valence-electron chi connectivity index (χ4n) is 2.22. The predicted molar refractivity (Wildman–Crippen MR) is 66.6 cm³/mol. The van der Waals surface area contributed by atoms with Crippen molar-refractivity contribution >= 4 is 0 Å². The van der Waals surface area contributed by atoms with E-state index in [4.69, 9.17) is 4.74 Å². The molecule has 0 amide bonds. The van der Waals surface area contributed by atoms with Gasteiger partial charge in [0, 0.05) is 38.8 Å². The van der Waals surface area contributed by atoms with Crippen molar-refractivity contribution in [3.8, 4) is 0 Å². The van der Waals surface area contributed by atoms with Crippen molar-refractivity contribution in [1.82, 2.24) is 10.2 Å². The highest BCUT2D eigenvalue weighted by atomic mass is 16.5. The van der Waals surface area contributed by atoms with Gasteiger partial charge in [0.2, 0.25) is 0 Å². The van der Waals surface area contributed by atoms with Gasteiger partial charge in [-0.2, -0.15) is 0 Å². The molecule has 0 aromatic carbocycles. The Bertz CT molecular complexity index is 204. The lowest BCUT2D eigenvalue weighted by Crippen LogP contribution is -2.53. The lowest BCUT2D eigenvalue weighted by atomic mass is 10.0. The van der Waals surface area contributed by atoms with Crippen LogP contribution in [0.5, 0.6) is 0 Å². The first-order valence-corrected chi connectivity index (χ1v) is 6.79. The maximum Gasteiger partial charge on any atom is 0.0593 e. The van der Waals surface area contributed by atoms with Crippen molar-refractivity contribution in [3.63, 3.8) is 0 Å². The molecule has 0 spiro atoms. The van der Waals surface area contributed by atoms with Crippen molar-refractivity contribution < 1.29 is 4.74 Å². The van der Waals surface area contributed by atoms with E-state index >= 15 is 0 Å². The molecule has 94 valence electrons. The number of nitrogens with one attached hydrogen (secondary N) is 1. The lowest BCUT2D eigenvalue weighted by Gasteiger charge is -2.35. The van der Waals surface area contributed by atoms with E-state index in [0.717, 1.165) is 38.1 Å². The second kappa shape index (κ2) is 5.99. The van der Waals surface area contributed by atoms with Crippen LogP contribution in [0.2, 0.25) is 0 Å².